The fraction of sp³-hybridized carbons (Fsp3) is 0.263. The third-order valence-electron chi connectivity index (χ3n) is 4.57. The standard InChI is InChI=1S/C19H21N9O/c1-3-27-14(2)16(12-21-27)11-20-19(29)17-9-10-26(23-17)13-28-24-18(22-25-28)15-7-5-4-6-8-15/h4-10,12H,3,11,13H2,1-2H3,(H,20,29). The molecule has 1 N–H and O–H groups in total. The second-order valence-electron chi connectivity index (χ2n) is 6.49. The van der Waals surface area contributed by atoms with Crippen molar-refractivity contribution in [3.8, 4) is 11.4 Å². The molecular weight excluding hydrogens is 370 g/mol. The molecule has 0 aliphatic carbocycles. The lowest BCUT2D eigenvalue weighted by Gasteiger charge is -2.04. The van der Waals surface area contributed by atoms with Crippen LogP contribution < -0.4 is 5.32 Å². The van der Waals surface area contributed by atoms with E-state index in [1.165, 1.54) is 4.80 Å². The van der Waals surface area contributed by atoms with Crippen LogP contribution in [0.4, 0.5) is 0 Å². The highest BCUT2D eigenvalue weighted by Gasteiger charge is 2.12. The van der Waals surface area contributed by atoms with E-state index in [9.17, 15) is 4.79 Å². The van der Waals surface area contributed by atoms with Crippen molar-refractivity contribution in [2.24, 2.45) is 0 Å². The summed E-state index contributed by atoms with van der Waals surface area (Å²) in [5.74, 6) is 0.294. The highest BCUT2D eigenvalue weighted by atomic mass is 16.1. The molecule has 0 saturated carbocycles. The Labute approximate surface area is 167 Å². The van der Waals surface area contributed by atoms with Crippen LogP contribution in [0.1, 0.15) is 28.7 Å². The number of benzene rings is 1. The number of tetrazole rings is 1. The van der Waals surface area contributed by atoms with E-state index >= 15 is 0 Å². The van der Waals surface area contributed by atoms with Gasteiger partial charge in [0.25, 0.3) is 5.91 Å². The molecule has 0 radical (unpaired) electrons. The molecule has 4 rings (SSSR count). The van der Waals surface area contributed by atoms with E-state index in [-0.39, 0.29) is 12.6 Å². The minimum atomic E-state index is -0.246. The lowest BCUT2D eigenvalue weighted by atomic mass is 10.2. The first-order chi connectivity index (χ1) is 14.1. The topological polar surface area (TPSA) is 108 Å². The van der Waals surface area contributed by atoms with Crippen LogP contribution in [-0.4, -0.2) is 45.7 Å². The summed E-state index contributed by atoms with van der Waals surface area (Å²) in [4.78, 5) is 13.8. The molecule has 0 saturated heterocycles. The molecular formula is C19H21N9O. The van der Waals surface area contributed by atoms with Gasteiger partial charge in [0.15, 0.2) is 6.67 Å². The van der Waals surface area contributed by atoms with Crippen LogP contribution in [0.25, 0.3) is 11.4 Å². The summed E-state index contributed by atoms with van der Waals surface area (Å²) in [6, 6.07) is 11.3. The number of aryl methyl sites for hydroxylation is 1. The van der Waals surface area contributed by atoms with Crippen LogP contribution >= 0.6 is 0 Å². The predicted octanol–water partition coefficient (Wildman–Crippen LogP) is 1.50. The molecule has 1 amide bonds. The average Bonchev–Trinajstić information content (AvgIpc) is 3.48. The molecule has 10 nitrogen and oxygen atoms in total. The van der Waals surface area contributed by atoms with Crippen molar-refractivity contribution in [2.75, 3.05) is 0 Å². The summed E-state index contributed by atoms with van der Waals surface area (Å²) in [5.41, 5.74) is 3.25. The summed E-state index contributed by atoms with van der Waals surface area (Å²) >= 11 is 0. The number of aromatic nitrogens is 8. The molecule has 0 atom stereocenters. The number of carbonyl (C=O) groups excluding carboxylic acids is 1. The van der Waals surface area contributed by atoms with Gasteiger partial charge in [-0.05, 0) is 25.1 Å². The Morgan fingerprint density at radius 1 is 1.14 bits per heavy atom. The first-order valence-corrected chi connectivity index (χ1v) is 9.30. The molecule has 0 aliphatic heterocycles. The van der Waals surface area contributed by atoms with Gasteiger partial charge in [0.1, 0.15) is 5.69 Å². The fourth-order valence-electron chi connectivity index (χ4n) is 2.94. The van der Waals surface area contributed by atoms with Gasteiger partial charge in [0, 0.05) is 36.1 Å². The predicted molar refractivity (Wildman–Crippen MR) is 105 cm³/mol. The van der Waals surface area contributed by atoms with Gasteiger partial charge in [-0.1, -0.05) is 30.3 Å². The largest absolute Gasteiger partial charge is 0.346 e. The average molecular weight is 391 g/mol. The maximum absolute atomic E-state index is 12.4. The molecule has 148 valence electrons. The lowest BCUT2D eigenvalue weighted by molar-refractivity contribution is 0.0944. The van der Waals surface area contributed by atoms with Crippen molar-refractivity contribution in [1.29, 1.82) is 0 Å². The van der Waals surface area contributed by atoms with Crippen molar-refractivity contribution >= 4 is 5.91 Å². The van der Waals surface area contributed by atoms with Crippen LogP contribution in [0.15, 0.2) is 48.8 Å². The van der Waals surface area contributed by atoms with E-state index in [4.69, 9.17) is 0 Å². The van der Waals surface area contributed by atoms with Crippen LogP contribution in [0.3, 0.4) is 0 Å². The Morgan fingerprint density at radius 2 is 1.97 bits per heavy atom. The van der Waals surface area contributed by atoms with E-state index < -0.39 is 0 Å². The molecule has 3 aromatic heterocycles. The zero-order chi connectivity index (χ0) is 20.2. The summed E-state index contributed by atoms with van der Waals surface area (Å²) in [5, 5.41) is 23.9. The third kappa shape index (κ3) is 4.05. The Hall–Kier alpha value is -3.82. The van der Waals surface area contributed by atoms with Gasteiger partial charge in [0.2, 0.25) is 5.82 Å². The Kier molecular flexibility index (Phi) is 5.14. The van der Waals surface area contributed by atoms with E-state index in [1.54, 1.807) is 23.1 Å². The molecule has 0 fully saturated rings. The second-order valence-corrected chi connectivity index (χ2v) is 6.49. The minimum absolute atomic E-state index is 0.246. The highest BCUT2D eigenvalue weighted by molar-refractivity contribution is 5.92. The maximum atomic E-state index is 12.4. The number of nitrogens with zero attached hydrogens (tertiary/aromatic N) is 8. The van der Waals surface area contributed by atoms with Crippen molar-refractivity contribution in [3.05, 3.63) is 65.7 Å². The normalized spacial score (nSPS) is 11.0. The van der Waals surface area contributed by atoms with Gasteiger partial charge in [-0.2, -0.15) is 10.2 Å². The van der Waals surface area contributed by atoms with Crippen molar-refractivity contribution in [3.63, 3.8) is 0 Å². The maximum Gasteiger partial charge on any atom is 0.272 e. The first-order valence-electron chi connectivity index (χ1n) is 9.30. The van der Waals surface area contributed by atoms with Gasteiger partial charge < -0.3 is 5.32 Å². The van der Waals surface area contributed by atoms with Gasteiger partial charge >= 0.3 is 0 Å². The van der Waals surface area contributed by atoms with E-state index in [1.807, 2.05) is 48.9 Å². The molecule has 0 bridgehead atoms. The Morgan fingerprint density at radius 3 is 2.72 bits per heavy atom. The molecule has 10 heteroatoms. The molecule has 1 aromatic carbocycles. The van der Waals surface area contributed by atoms with Crippen molar-refractivity contribution in [2.45, 2.75) is 33.6 Å². The second kappa shape index (κ2) is 8.05. The number of nitrogens with one attached hydrogen (secondary N) is 1. The summed E-state index contributed by atoms with van der Waals surface area (Å²) < 4.78 is 3.48. The summed E-state index contributed by atoms with van der Waals surface area (Å²) in [7, 11) is 0. The van der Waals surface area contributed by atoms with Gasteiger partial charge in [-0.3, -0.25) is 9.48 Å². The van der Waals surface area contributed by atoms with Crippen LogP contribution in [0, 0.1) is 6.92 Å². The quantitative estimate of drug-likeness (QED) is 0.511. The number of hydrogen-bond acceptors (Lipinski definition) is 6. The Balaban J connectivity index is 1.37. The van der Waals surface area contributed by atoms with Crippen molar-refractivity contribution in [1.82, 2.24) is 45.1 Å². The number of carbonyl (C=O) groups is 1. The van der Waals surface area contributed by atoms with Crippen molar-refractivity contribution < 1.29 is 4.79 Å². The van der Waals surface area contributed by atoms with Crippen LogP contribution in [-0.2, 0) is 19.8 Å². The SMILES string of the molecule is CCn1ncc(CNC(=O)c2ccn(Cn3nnc(-c4ccccc4)n3)n2)c1C. The zero-order valence-electron chi connectivity index (χ0n) is 16.2. The van der Waals surface area contributed by atoms with Gasteiger partial charge in [-0.25, -0.2) is 4.68 Å². The number of hydrogen-bond donors (Lipinski definition) is 1. The molecule has 4 aromatic rings. The third-order valence-corrected chi connectivity index (χ3v) is 4.57. The Bertz CT molecular complexity index is 1110. The van der Waals surface area contributed by atoms with Gasteiger partial charge in [-0.15, -0.1) is 15.0 Å². The number of rotatable bonds is 7. The highest BCUT2D eigenvalue weighted by Crippen LogP contribution is 2.12. The monoisotopic (exact) mass is 391 g/mol. The fourth-order valence-corrected chi connectivity index (χ4v) is 2.94. The van der Waals surface area contributed by atoms with E-state index in [0.717, 1.165) is 23.4 Å². The molecule has 0 spiro atoms. The van der Waals surface area contributed by atoms with Crippen LogP contribution in [0.2, 0.25) is 0 Å². The summed E-state index contributed by atoms with van der Waals surface area (Å²) in [6.07, 6.45) is 3.49. The molecule has 0 aliphatic rings. The van der Waals surface area contributed by atoms with E-state index in [2.05, 4.69) is 30.9 Å². The van der Waals surface area contributed by atoms with Gasteiger partial charge in [0.05, 0.1) is 6.20 Å². The minimum Gasteiger partial charge on any atom is -0.346 e. The van der Waals surface area contributed by atoms with E-state index in [0.29, 0.717) is 18.1 Å². The molecule has 3 heterocycles. The smallest absolute Gasteiger partial charge is 0.272 e. The molecule has 0 unspecified atom stereocenters. The lowest BCUT2D eigenvalue weighted by Crippen LogP contribution is -2.24. The van der Waals surface area contributed by atoms with Crippen LogP contribution in [0.5, 0.6) is 0 Å². The first kappa shape index (κ1) is 18.5. The number of amides is 1. The summed E-state index contributed by atoms with van der Waals surface area (Å²) in [6.45, 7) is 5.48. The zero-order valence-corrected chi connectivity index (χ0v) is 16.2. The molecule has 29 heavy (non-hydrogen) atoms.